The fraction of sp³-hybridized carbons (Fsp3) is 0. The van der Waals surface area contributed by atoms with Crippen LogP contribution in [0.5, 0.6) is 0 Å². The lowest BCUT2D eigenvalue weighted by Gasteiger charge is -1.92. The van der Waals surface area contributed by atoms with Gasteiger partial charge in [0.25, 0.3) is 0 Å². The Balaban J connectivity index is 2.96. The van der Waals surface area contributed by atoms with Gasteiger partial charge in [0, 0.05) is 0 Å². The summed E-state index contributed by atoms with van der Waals surface area (Å²) in [6, 6.07) is 2.50. The lowest BCUT2D eigenvalue weighted by molar-refractivity contribution is 0.517. The SMILES string of the molecule is Fc1ccc2n[nH]c(I)c2c1F. The minimum Gasteiger partial charge on any atom is -0.271 e. The summed E-state index contributed by atoms with van der Waals surface area (Å²) in [6.07, 6.45) is 0. The third kappa shape index (κ3) is 0.996. The molecule has 0 bridgehead atoms. The molecule has 62 valence electrons. The van der Waals surface area contributed by atoms with E-state index in [9.17, 15) is 8.78 Å². The zero-order valence-corrected chi connectivity index (χ0v) is 7.89. The van der Waals surface area contributed by atoms with Crippen LogP contribution in [0.25, 0.3) is 10.9 Å². The van der Waals surface area contributed by atoms with E-state index in [-0.39, 0.29) is 5.39 Å². The van der Waals surface area contributed by atoms with Gasteiger partial charge < -0.3 is 0 Å². The summed E-state index contributed by atoms with van der Waals surface area (Å²) < 4.78 is 26.3. The second kappa shape index (κ2) is 2.65. The molecule has 0 saturated carbocycles. The number of hydrogen-bond acceptors (Lipinski definition) is 1. The molecule has 0 aliphatic heterocycles. The Labute approximate surface area is 80.1 Å². The molecule has 0 atom stereocenters. The molecule has 2 aromatic rings. The average molecular weight is 280 g/mol. The maximum Gasteiger partial charge on any atom is 0.170 e. The molecule has 0 radical (unpaired) electrons. The van der Waals surface area contributed by atoms with E-state index in [1.165, 1.54) is 6.07 Å². The lowest BCUT2D eigenvalue weighted by Crippen LogP contribution is -1.84. The van der Waals surface area contributed by atoms with Crippen molar-refractivity contribution in [3.05, 3.63) is 27.5 Å². The van der Waals surface area contributed by atoms with Crippen molar-refractivity contribution in [2.45, 2.75) is 0 Å². The van der Waals surface area contributed by atoms with Crippen LogP contribution in [0.15, 0.2) is 12.1 Å². The minimum absolute atomic E-state index is 0.218. The van der Waals surface area contributed by atoms with Gasteiger partial charge in [-0.25, -0.2) is 8.78 Å². The first-order valence-corrected chi connectivity index (χ1v) is 4.25. The van der Waals surface area contributed by atoms with Gasteiger partial charge in [-0.05, 0) is 34.7 Å². The van der Waals surface area contributed by atoms with E-state index in [1.54, 1.807) is 0 Å². The highest BCUT2D eigenvalue weighted by Gasteiger charge is 2.11. The summed E-state index contributed by atoms with van der Waals surface area (Å²) >= 11 is 1.87. The van der Waals surface area contributed by atoms with Crippen molar-refractivity contribution in [1.29, 1.82) is 0 Å². The molecule has 5 heteroatoms. The van der Waals surface area contributed by atoms with Gasteiger partial charge in [0.2, 0.25) is 0 Å². The zero-order valence-electron chi connectivity index (χ0n) is 5.74. The van der Waals surface area contributed by atoms with E-state index in [1.807, 2.05) is 22.6 Å². The molecule has 0 aliphatic carbocycles. The molecule has 2 rings (SSSR count). The van der Waals surface area contributed by atoms with E-state index in [0.29, 0.717) is 9.22 Å². The number of halogens is 3. The van der Waals surface area contributed by atoms with Crippen LogP contribution in [-0.2, 0) is 0 Å². The Kier molecular flexibility index (Phi) is 1.75. The number of rotatable bonds is 0. The highest BCUT2D eigenvalue weighted by molar-refractivity contribution is 14.1. The van der Waals surface area contributed by atoms with Gasteiger partial charge in [-0.1, -0.05) is 0 Å². The third-order valence-corrected chi connectivity index (χ3v) is 2.35. The summed E-state index contributed by atoms with van der Waals surface area (Å²) in [5.41, 5.74) is 0.443. The number of nitrogens with zero attached hydrogens (tertiary/aromatic N) is 1. The second-order valence-electron chi connectivity index (χ2n) is 2.29. The van der Waals surface area contributed by atoms with Gasteiger partial charge in [-0.15, -0.1) is 0 Å². The molecule has 1 N–H and O–H groups in total. The van der Waals surface area contributed by atoms with Crippen LogP contribution in [0, 0.1) is 15.3 Å². The minimum atomic E-state index is -0.846. The van der Waals surface area contributed by atoms with Gasteiger partial charge in [0.1, 0.15) is 3.70 Å². The summed E-state index contributed by atoms with van der Waals surface area (Å²) in [6.45, 7) is 0. The van der Waals surface area contributed by atoms with Crippen LogP contribution < -0.4 is 0 Å². The van der Waals surface area contributed by atoms with E-state index in [0.717, 1.165) is 6.07 Å². The van der Waals surface area contributed by atoms with Crippen molar-refractivity contribution in [2.24, 2.45) is 0 Å². The molecule has 0 spiro atoms. The molecule has 0 aliphatic rings. The normalized spacial score (nSPS) is 10.9. The van der Waals surface area contributed by atoms with Crippen molar-refractivity contribution in [1.82, 2.24) is 10.2 Å². The highest BCUT2D eigenvalue weighted by atomic mass is 127. The Bertz CT molecular complexity index is 438. The number of H-pyrrole nitrogens is 1. The first kappa shape index (κ1) is 7.90. The van der Waals surface area contributed by atoms with Crippen molar-refractivity contribution < 1.29 is 8.78 Å². The topological polar surface area (TPSA) is 28.7 Å². The Hall–Kier alpha value is -0.720. The number of aromatic amines is 1. The van der Waals surface area contributed by atoms with Crippen molar-refractivity contribution >= 4 is 33.5 Å². The van der Waals surface area contributed by atoms with E-state index in [4.69, 9.17) is 0 Å². The zero-order chi connectivity index (χ0) is 8.72. The van der Waals surface area contributed by atoms with Crippen LogP contribution >= 0.6 is 22.6 Å². The average Bonchev–Trinajstić information content (AvgIpc) is 2.41. The number of hydrogen-bond donors (Lipinski definition) is 1. The molecule has 1 heterocycles. The summed E-state index contributed by atoms with van der Waals surface area (Å²) in [4.78, 5) is 0. The van der Waals surface area contributed by atoms with E-state index < -0.39 is 11.6 Å². The van der Waals surface area contributed by atoms with Crippen molar-refractivity contribution in [2.75, 3.05) is 0 Å². The van der Waals surface area contributed by atoms with Crippen LogP contribution in [0.3, 0.4) is 0 Å². The molecular weight excluding hydrogens is 277 g/mol. The summed E-state index contributed by atoms with van der Waals surface area (Å²) in [7, 11) is 0. The predicted octanol–water partition coefficient (Wildman–Crippen LogP) is 2.45. The van der Waals surface area contributed by atoms with Crippen LogP contribution in [0.4, 0.5) is 8.78 Å². The predicted molar refractivity (Wildman–Crippen MR) is 48.7 cm³/mol. The van der Waals surface area contributed by atoms with Crippen LogP contribution in [-0.4, -0.2) is 10.2 Å². The van der Waals surface area contributed by atoms with E-state index >= 15 is 0 Å². The van der Waals surface area contributed by atoms with Crippen LogP contribution in [0.2, 0.25) is 0 Å². The number of nitrogens with one attached hydrogen (secondary N) is 1. The van der Waals surface area contributed by atoms with Gasteiger partial charge in [-0.2, -0.15) is 5.10 Å². The van der Waals surface area contributed by atoms with Crippen molar-refractivity contribution in [3.63, 3.8) is 0 Å². The Morgan fingerprint density at radius 1 is 1.33 bits per heavy atom. The summed E-state index contributed by atoms with van der Waals surface area (Å²) in [5, 5.41) is 6.57. The molecule has 12 heavy (non-hydrogen) atoms. The smallest absolute Gasteiger partial charge is 0.170 e. The highest BCUT2D eigenvalue weighted by Crippen LogP contribution is 2.22. The quantitative estimate of drug-likeness (QED) is 0.738. The third-order valence-electron chi connectivity index (χ3n) is 1.57. The Morgan fingerprint density at radius 3 is 2.83 bits per heavy atom. The molecule has 2 nitrogen and oxygen atoms in total. The van der Waals surface area contributed by atoms with Crippen LogP contribution in [0.1, 0.15) is 0 Å². The maximum absolute atomic E-state index is 13.1. The lowest BCUT2D eigenvalue weighted by atomic mass is 10.2. The summed E-state index contributed by atoms with van der Waals surface area (Å²) in [5.74, 6) is -1.69. The fourth-order valence-electron chi connectivity index (χ4n) is 1.01. The number of aromatic nitrogens is 2. The largest absolute Gasteiger partial charge is 0.271 e. The monoisotopic (exact) mass is 280 g/mol. The van der Waals surface area contributed by atoms with Gasteiger partial charge in [0.15, 0.2) is 11.6 Å². The van der Waals surface area contributed by atoms with Gasteiger partial charge in [-0.3, -0.25) is 5.10 Å². The molecule has 0 fully saturated rings. The first-order valence-electron chi connectivity index (χ1n) is 3.17. The molecule has 1 aromatic carbocycles. The molecule has 0 saturated heterocycles. The molecule has 0 unspecified atom stereocenters. The molecule has 1 aromatic heterocycles. The van der Waals surface area contributed by atoms with E-state index in [2.05, 4.69) is 10.2 Å². The standard InChI is InChI=1S/C7H3F2IN2/c8-3-1-2-4-5(6(3)9)7(10)12-11-4/h1-2H,(H,11,12). The van der Waals surface area contributed by atoms with Gasteiger partial charge >= 0.3 is 0 Å². The molecule has 0 amide bonds. The number of fused-ring (bicyclic) bond motifs is 1. The number of benzene rings is 1. The van der Waals surface area contributed by atoms with Crippen molar-refractivity contribution in [3.8, 4) is 0 Å². The second-order valence-corrected chi connectivity index (χ2v) is 3.37. The maximum atomic E-state index is 13.1. The Morgan fingerprint density at radius 2 is 2.08 bits per heavy atom. The van der Waals surface area contributed by atoms with Gasteiger partial charge in [0.05, 0.1) is 10.9 Å². The molecular formula is C7H3F2IN2. The first-order chi connectivity index (χ1) is 5.70. The fourth-order valence-corrected chi connectivity index (χ4v) is 1.64.